The average molecular weight is 289 g/mol. The molecule has 7 heteroatoms. The SMILES string of the molecule is NC1CCC(NC(=O)c2cccn2CC(F)(F)F)CC1. The van der Waals surface area contributed by atoms with Gasteiger partial charge < -0.3 is 15.6 Å². The standard InChI is InChI=1S/C13H18F3N3O/c14-13(15,16)8-19-7-1-2-11(19)12(20)18-10-5-3-9(17)4-6-10/h1-2,7,9-10H,3-6,8,17H2,(H,18,20). The van der Waals surface area contributed by atoms with E-state index in [4.69, 9.17) is 5.73 Å². The third kappa shape index (κ3) is 4.00. The molecule has 0 aromatic carbocycles. The van der Waals surface area contributed by atoms with Crippen molar-refractivity contribution in [2.45, 2.75) is 50.5 Å². The smallest absolute Gasteiger partial charge is 0.348 e. The van der Waals surface area contributed by atoms with E-state index in [2.05, 4.69) is 5.32 Å². The molecule has 1 aromatic heterocycles. The number of nitrogens with one attached hydrogen (secondary N) is 1. The first-order valence-electron chi connectivity index (χ1n) is 6.63. The lowest BCUT2D eigenvalue weighted by molar-refractivity contribution is -0.140. The summed E-state index contributed by atoms with van der Waals surface area (Å²) in [4.78, 5) is 12.0. The van der Waals surface area contributed by atoms with Crippen LogP contribution in [0.4, 0.5) is 13.2 Å². The van der Waals surface area contributed by atoms with Gasteiger partial charge >= 0.3 is 6.18 Å². The van der Waals surface area contributed by atoms with E-state index in [0.717, 1.165) is 30.3 Å². The Morgan fingerprint density at radius 3 is 2.60 bits per heavy atom. The van der Waals surface area contributed by atoms with E-state index in [9.17, 15) is 18.0 Å². The van der Waals surface area contributed by atoms with Gasteiger partial charge in [0.25, 0.3) is 5.91 Å². The largest absolute Gasteiger partial charge is 0.406 e. The third-order valence-electron chi connectivity index (χ3n) is 3.52. The molecule has 1 fully saturated rings. The van der Waals surface area contributed by atoms with Crippen molar-refractivity contribution in [3.63, 3.8) is 0 Å². The summed E-state index contributed by atoms with van der Waals surface area (Å²) in [6.07, 6.45) is 0.119. The van der Waals surface area contributed by atoms with Crippen LogP contribution in [-0.2, 0) is 6.54 Å². The summed E-state index contributed by atoms with van der Waals surface area (Å²) in [5, 5.41) is 2.79. The van der Waals surface area contributed by atoms with Crippen LogP contribution in [0.1, 0.15) is 36.2 Å². The number of hydrogen-bond donors (Lipinski definition) is 2. The highest BCUT2D eigenvalue weighted by Gasteiger charge is 2.30. The van der Waals surface area contributed by atoms with Gasteiger partial charge in [-0.2, -0.15) is 13.2 Å². The van der Waals surface area contributed by atoms with Gasteiger partial charge in [-0.15, -0.1) is 0 Å². The van der Waals surface area contributed by atoms with Crippen molar-refractivity contribution in [2.24, 2.45) is 5.73 Å². The van der Waals surface area contributed by atoms with Crippen molar-refractivity contribution >= 4 is 5.91 Å². The van der Waals surface area contributed by atoms with Crippen LogP contribution in [0, 0.1) is 0 Å². The van der Waals surface area contributed by atoms with Crippen molar-refractivity contribution in [1.29, 1.82) is 0 Å². The Morgan fingerprint density at radius 1 is 1.35 bits per heavy atom. The Hall–Kier alpha value is -1.50. The van der Waals surface area contributed by atoms with E-state index in [1.54, 1.807) is 0 Å². The molecule has 1 aliphatic carbocycles. The van der Waals surface area contributed by atoms with Gasteiger partial charge in [0.2, 0.25) is 0 Å². The van der Waals surface area contributed by atoms with Gasteiger partial charge in [0, 0.05) is 18.3 Å². The minimum Gasteiger partial charge on any atom is -0.348 e. The van der Waals surface area contributed by atoms with Crippen LogP contribution in [0.15, 0.2) is 18.3 Å². The van der Waals surface area contributed by atoms with Gasteiger partial charge in [-0.25, -0.2) is 0 Å². The molecular weight excluding hydrogens is 271 g/mol. The fourth-order valence-corrected chi connectivity index (χ4v) is 2.47. The predicted molar refractivity (Wildman–Crippen MR) is 68.2 cm³/mol. The summed E-state index contributed by atoms with van der Waals surface area (Å²) < 4.78 is 38.1. The molecule has 2 rings (SSSR count). The van der Waals surface area contributed by atoms with Gasteiger partial charge in [0.1, 0.15) is 12.2 Å². The molecule has 0 atom stereocenters. The van der Waals surface area contributed by atoms with Crippen LogP contribution in [0.2, 0.25) is 0 Å². The van der Waals surface area contributed by atoms with Crippen LogP contribution in [0.3, 0.4) is 0 Å². The number of carbonyl (C=O) groups is 1. The summed E-state index contributed by atoms with van der Waals surface area (Å²) in [6, 6.07) is 3.00. The van der Waals surface area contributed by atoms with Crippen molar-refractivity contribution in [2.75, 3.05) is 0 Å². The fourth-order valence-electron chi connectivity index (χ4n) is 2.47. The minimum absolute atomic E-state index is 0.00321. The lowest BCUT2D eigenvalue weighted by Crippen LogP contribution is -2.41. The minimum atomic E-state index is -4.34. The first-order chi connectivity index (χ1) is 9.35. The number of aromatic nitrogens is 1. The number of nitrogens with zero attached hydrogens (tertiary/aromatic N) is 1. The summed E-state index contributed by atoms with van der Waals surface area (Å²) in [5.74, 6) is -0.459. The molecule has 0 saturated heterocycles. The molecule has 1 aliphatic rings. The number of hydrogen-bond acceptors (Lipinski definition) is 2. The van der Waals surface area contributed by atoms with Crippen LogP contribution in [0.5, 0.6) is 0 Å². The average Bonchev–Trinajstić information content (AvgIpc) is 2.78. The zero-order chi connectivity index (χ0) is 14.8. The molecule has 0 bridgehead atoms. The molecule has 0 radical (unpaired) electrons. The molecule has 1 amide bonds. The number of carbonyl (C=O) groups excluding carboxylic acids is 1. The molecule has 1 heterocycles. The van der Waals surface area contributed by atoms with Crippen molar-refractivity contribution in [1.82, 2.24) is 9.88 Å². The molecule has 0 unspecified atom stereocenters. The second-order valence-corrected chi connectivity index (χ2v) is 5.22. The Bertz CT molecular complexity index is 462. The summed E-state index contributed by atoms with van der Waals surface area (Å²) in [6.45, 7) is -1.15. The van der Waals surface area contributed by atoms with E-state index < -0.39 is 18.6 Å². The Balaban J connectivity index is 1.97. The van der Waals surface area contributed by atoms with E-state index >= 15 is 0 Å². The van der Waals surface area contributed by atoms with E-state index in [1.165, 1.54) is 18.3 Å². The van der Waals surface area contributed by atoms with Gasteiger partial charge in [0.15, 0.2) is 0 Å². The third-order valence-corrected chi connectivity index (χ3v) is 3.52. The van der Waals surface area contributed by atoms with Crippen LogP contribution in [-0.4, -0.2) is 28.7 Å². The highest BCUT2D eigenvalue weighted by Crippen LogP contribution is 2.20. The molecule has 20 heavy (non-hydrogen) atoms. The van der Waals surface area contributed by atoms with Gasteiger partial charge in [0.05, 0.1) is 0 Å². The quantitative estimate of drug-likeness (QED) is 0.894. The number of rotatable bonds is 3. The van der Waals surface area contributed by atoms with Gasteiger partial charge in [-0.1, -0.05) is 0 Å². The van der Waals surface area contributed by atoms with E-state index in [-0.39, 0.29) is 17.8 Å². The number of alkyl halides is 3. The highest BCUT2D eigenvalue weighted by molar-refractivity contribution is 5.92. The van der Waals surface area contributed by atoms with Crippen molar-refractivity contribution in [3.05, 3.63) is 24.0 Å². The van der Waals surface area contributed by atoms with Crippen LogP contribution in [0.25, 0.3) is 0 Å². The molecule has 112 valence electrons. The molecule has 1 aromatic rings. The maximum atomic E-state index is 12.4. The number of amides is 1. The molecule has 0 aliphatic heterocycles. The normalized spacial score (nSPS) is 23.6. The van der Waals surface area contributed by atoms with Gasteiger partial charge in [-0.05, 0) is 37.8 Å². The molecule has 1 saturated carbocycles. The summed E-state index contributed by atoms with van der Waals surface area (Å²) in [5.41, 5.74) is 5.81. The molecule has 4 nitrogen and oxygen atoms in total. The van der Waals surface area contributed by atoms with Crippen LogP contribution >= 0.6 is 0 Å². The zero-order valence-electron chi connectivity index (χ0n) is 11.0. The van der Waals surface area contributed by atoms with E-state index in [1.807, 2.05) is 0 Å². The van der Waals surface area contributed by atoms with Crippen molar-refractivity contribution < 1.29 is 18.0 Å². The topological polar surface area (TPSA) is 60.0 Å². The maximum Gasteiger partial charge on any atom is 0.406 e. The highest BCUT2D eigenvalue weighted by atomic mass is 19.4. The molecule has 3 N–H and O–H groups in total. The maximum absolute atomic E-state index is 12.4. The molecular formula is C13H18F3N3O. The summed E-state index contributed by atoms with van der Waals surface area (Å²) in [7, 11) is 0. The zero-order valence-corrected chi connectivity index (χ0v) is 11.0. The monoisotopic (exact) mass is 289 g/mol. The Morgan fingerprint density at radius 2 is 2.00 bits per heavy atom. The number of halogens is 3. The van der Waals surface area contributed by atoms with Crippen molar-refractivity contribution in [3.8, 4) is 0 Å². The van der Waals surface area contributed by atoms with Crippen LogP contribution < -0.4 is 11.1 Å². The lowest BCUT2D eigenvalue weighted by atomic mass is 9.92. The number of nitrogens with two attached hydrogens (primary N) is 1. The fraction of sp³-hybridized carbons (Fsp3) is 0.615. The lowest BCUT2D eigenvalue weighted by Gasteiger charge is -2.27. The predicted octanol–water partition coefficient (Wildman–Crippen LogP) is 2.05. The first-order valence-corrected chi connectivity index (χ1v) is 6.63. The Kier molecular flexibility index (Phi) is 4.37. The summed E-state index contributed by atoms with van der Waals surface area (Å²) >= 11 is 0. The van der Waals surface area contributed by atoms with E-state index in [0.29, 0.717) is 0 Å². The second-order valence-electron chi connectivity index (χ2n) is 5.22. The second kappa shape index (κ2) is 5.87. The Labute approximate surface area is 115 Å². The molecule has 0 spiro atoms. The van der Waals surface area contributed by atoms with Gasteiger partial charge in [-0.3, -0.25) is 4.79 Å². The first kappa shape index (κ1) is 14.9.